The second-order valence-corrected chi connectivity index (χ2v) is 9.11. The average Bonchev–Trinajstić information content (AvgIpc) is 2.43. The van der Waals surface area contributed by atoms with E-state index in [1.54, 1.807) is 0 Å². The van der Waals surface area contributed by atoms with Gasteiger partial charge in [-0.05, 0) is 31.1 Å². The molecule has 0 N–H and O–H groups in total. The highest BCUT2D eigenvalue weighted by atomic mass is 35.5. The van der Waals surface area contributed by atoms with Gasteiger partial charge < -0.3 is 0 Å². The number of sulfone groups is 1. The van der Waals surface area contributed by atoms with Gasteiger partial charge in [-0.2, -0.15) is 0 Å². The molecule has 0 aromatic carbocycles. The SMILES string of the molecule is O=S1(=O)C[C@]23CCCCC[C@]2(CCCC3)[C@@H]1Cl. The summed E-state index contributed by atoms with van der Waals surface area (Å²) in [6, 6.07) is 0. The quantitative estimate of drug-likeness (QED) is 0.635. The maximum atomic E-state index is 12.3. The largest absolute Gasteiger partial charge is 0.227 e. The van der Waals surface area contributed by atoms with Crippen molar-refractivity contribution in [3.63, 3.8) is 0 Å². The maximum Gasteiger partial charge on any atom is 0.168 e. The summed E-state index contributed by atoms with van der Waals surface area (Å²) in [7, 11) is -3.06. The summed E-state index contributed by atoms with van der Waals surface area (Å²) < 4.78 is 23.9. The molecule has 1 heterocycles. The van der Waals surface area contributed by atoms with Gasteiger partial charge in [0.1, 0.15) is 4.71 Å². The van der Waals surface area contributed by atoms with E-state index in [2.05, 4.69) is 0 Å². The van der Waals surface area contributed by atoms with Gasteiger partial charge in [0.05, 0.1) is 5.75 Å². The van der Waals surface area contributed by atoms with Crippen LogP contribution in [0, 0.1) is 10.8 Å². The molecule has 1 saturated heterocycles. The van der Waals surface area contributed by atoms with Crippen molar-refractivity contribution in [2.45, 2.75) is 62.5 Å². The summed E-state index contributed by atoms with van der Waals surface area (Å²) in [6.45, 7) is 0. The molecule has 98 valence electrons. The molecule has 3 aliphatic rings. The second-order valence-electron chi connectivity index (χ2n) is 6.33. The van der Waals surface area contributed by atoms with Crippen molar-refractivity contribution in [2.24, 2.45) is 10.8 Å². The summed E-state index contributed by atoms with van der Waals surface area (Å²) >= 11 is 6.42. The third-order valence-corrected chi connectivity index (χ3v) is 8.86. The van der Waals surface area contributed by atoms with Crippen molar-refractivity contribution in [2.75, 3.05) is 5.75 Å². The number of halogens is 1. The van der Waals surface area contributed by atoms with Crippen LogP contribution in [0.2, 0.25) is 0 Å². The molecular formula is C13H21ClO2S. The van der Waals surface area contributed by atoms with Crippen LogP contribution in [-0.2, 0) is 9.84 Å². The van der Waals surface area contributed by atoms with Gasteiger partial charge in [0.25, 0.3) is 0 Å². The minimum atomic E-state index is -3.06. The minimum absolute atomic E-state index is 0.0347. The molecule has 17 heavy (non-hydrogen) atoms. The van der Waals surface area contributed by atoms with Crippen molar-refractivity contribution >= 4 is 21.4 Å². The molecule has 3 rings (SSSR count). The third kappa shape index (κ3) is 1.54. The Morgan fingerprint density at radius 1 is 0.882 bits per heavy atom. The standard InChI is InChI=1S/C13H21ClO2S/c14-11-13-8-3-1-2-6-12(13,7-4-5-9-13)10-17(11,15)16/h11H,1-10H2/t11-,12-,13+/m1/s1. The summed E-state index contributed by atoms with van der Waals surface area (Å²) in [6.07, 6.45) is 10.3. The number of hydrogen-bond acceptors (Lipinski definition) is 2. The van der Waals surface area contributed by atoms with Crippen LogP contribution >= 0.6 is 11.6 Å². The molecule has 0 aromatic rings. The topological polar surface area (TPSA) is 34.1 Å². The highest BCUT2D eigenvalue weighted by Crippen LogP contribution is 2.66. The summed E-state index contributed by atoms with van der Waals surface area (Å²) in [4.78, 5) is 0. The Bertz CT molecular complexity index is 419. The van der Waals surface area contributed by atoms with Gasteiger partial charge in [0.15, 0.2) is 9.84 Å². The van der Waals surface area contributed by atoms with E-state index in [-0.39, 0.29) is 10.8 Å². The van der Waals surface area contributed by atoms with Crippen molar-refractivity contribution in [1.29, 1.82) is 0 Å². The van der Waals surface area contributed by atoms with Crippen molar-refractivity contribution in [3.8, 4) is 0 Å². The Morgan fingerprint density at radius 2 is 1.41 bits per heavy atom. The van der Waals surface area contributed by atoms with E-state index >= 15 is 0 Å². The van der Waals surface area contributed by atoms with Crippen LogP contribution in [0.1, 0.15) is 57.8 Å². The van der Waals surface area contributed by atoms with Crippen molar-refractivity contribution in [3.05, 3.63) is 0 Å². The molecule has 2 aliphatic carbocycles. The van der Waals surface area contributed by atoms with Crippen LogP contribution in [0.25, 0.3) is 0 Å². The van der Waals surface area contributed by atoms with E-state index in [1.165, 1.54) is 32.1 Å². The van der Waals surface area contributed by atoms with E-state index in [1.807, 2.05) is 0 Å². The molecule has 1 aliphatic heterocycles. The van der Waals surface area contributed by atoms with E-state index in [4.69, 9.17) is 11.6 Å². The van der Waals surface area contributed by atoms with Crippen LogP contribution in [0.15, 0.2) is 0 Å². The number of rotatable bonds is 0. The minimum Gasteiger partial charge on any atom is -0.227 e. The van der Waals surface area contributed by atoms with Crippen LogP contribution in [0.5, 0.6) is 0 Å². The summed E-state index contributed by atoms with van der Waals surface area (Å²) in [5.41, 5.74) is -0.0465. The van der Waals surface area contributed by atoms with Gasteiger partial charge >= 0.3 is 0 Å². The molecule has 0 bridgehead atoms. The monoisotopic (exact) mass is 276 g/mol. The number of hydrogen-bond donors (Lipinski definition) is 0. The zero-order valence-electron chi connectivity index (χ0n) is 10.3. The fourth-order valence-electron chi connectivity index (χ4n) is 4.82. The molecule has 0 unspecified atom stereocenters. The average molecular weight is 277 g/mol. The zero-order valence-corrected chi connectivity index (χ0v) is 11.8. The lowest BCUT2D eigenvalue weighted by Crippen LogP contribution is -2.45. The molecule has 4 heteroatoms. The molecule has 0 aromatic heterocycles. The Balaban J connectivity index is 2.12. The maximum absolute atomic E-state index is 12.3. The van der Waals surface area contributed by atoms with Gasteiger partial charge in [0, 0.05) is 5.41 Å². The lowest BCUT2D eigenvalue weighted by atomic mass is 9.55. The highest BCUT2D eigenvalue weighted by molar-refractivity contribution is 7.93. The Labute approximate surface area is 109 Å². The molecule has 0 spiro atoms. The van der Waals surface area contributed by atoms with Crippen LogP contribution in [-0.4, -0.2) is 18.9 Å². The number of alkyl halides is 1. The molecule has 0 amide bonds. The normalized spacial score (nSPS) is 49.1. The van der Waals surface area contributed by atoms with E-state index in [9.17, 15) is 8.42 Å². The van der Waals surface area contributed by atoms with Crippen LogP contribution in [0.4, 0.5) is 0 Å². The molecule has 0 radical (unpaired) electrons. The second kappa shape index (κ2) is 3.86. The predicted octanol–water partition coefficient (Wildman–Crippen LogP) is 3.49. The first kappa shape index (κ1) is 12.3. The van der Waals surface area contributed by atoms with Gasteiger partial charge in [-0.1, -0.05) is 32.1 Å². The van der Waals surface area contributed by atoms with Gasteiger partial charge in [0.2, 0.25) is 0 Å². The molecule has 3 fully saturated rings. The molecular weight excluding hydrogens is 256 g/mol. The van der Waals surface area contributed by atoms with Crippen LogP contribution in [0.3, 0.4) is 0 Å². The van der Waals surface area contributed by atoms with E-state index in [0.29, 0.717) is 5.75 Å². The molecule has 3 atom stereocenters. The molecule has 2 saturated carbocycles. The van der Waals surface area contributed by atoms with Crippen molar-refractivity contribution in [1.82, 2.24) is 0 Å². The Morgan fingerprint density at radius 3 is 2.12 bits per heavy atom. The Hall–Kier alpha value is 0.240. The van der Waals surface area contributed by atoms with Gasteiger partial charge in [-0.15, -0.1) is 11.6 Å². The smallest absolute Gasteiger partial charge is 0.168 e. The first-order valence-corrected chi connectivity index (χ1v) is 9.03. The summed E-state index contributed by atoms with van der Waals surface area (Å²) in [5.74, 6) is 0.369. The predicted molar refractivity (Wildman–Crippen MR) is 69.8 cm³/mol. The molecule has 2 nitrogen and oxygen atoms in total. The fourth-order valence-corrected chi connectivity index (χ4v) is 8.12. The zero-order chi connectivity index (χ0) is 12.1. The summed E-state index contributed by atoms with van der Waals surface area (Å²) in [5, 5.41) is 0. The Kier molecular flexibility index (Phi) is 2.79. The van der Waals surface area contributed by atoms with Crippen LogP contribution < -0.4 is 0 Å². The lowest BCUT2D eigenvalue weighted by Gasteiger charge is -2.49. The fraction of sp³-hybridized carbons (Fsp3) is 1.00. The first-order chi connectivity index (χ1) is 8.03. The first-order valence-electron chi connectivity index (χ1n) is 6.88. The van der Waals surface area contributed by atoms with Gasteiger partial charge in [-0.25, -0.2) is 8.42 Å². The highest BCUT2D eigenvalue weighted by Gasteiger charge is 2.66. The lowest BCUT2D eigenvalue weighted by molar-refractivity contribution is 0.0211. The van der Waals surface area contributed by atoms with E-state index in [0.717, 1.165) is 25.7 Å². The van der Waals surface area contributed by atoms with Gasteiger partial charge in [-0.3, -0.25) is 0 Å². The van der Waals surface area contributed by atoms with Crippen molar-refractivity contribution < 1.29 is 8.42 Å². The third-order valence-electron chi connectivity index (χ3n) is 5.59. The van der Waals surface area contributed by atoms with E-state index < -0.39 is 14.5 Å².